The molecule has 0 bridgehead atoms. The molecule has 1 aliphatic carbocycles. The number of rotatable bonds is 2. The number of hydrogen-bond acceptors (Lipinski definition) is 3. The average molecular weight is 300 g/mol. The van der Waals surface area contributed by atoms with Crippen LogP contribution in [0.2, 0.25) is 0 Å². The molecular weight excluding hydrogens is 284 g/mol. The fourth-order valence-corrected chi connectivity index (χ4v) is 3.66. The molecule has 4 nitrogen and oxygen atoms in total. The topological polar surface area (TPSA) is 43.1 Å². The van der Waals surface area contributed by atoms with Crippen molar-refractivity contribution in [1.29, 1.82) is 0 Å². The normalized spacial score (nSPS) is 16.5. The molecular formula is C19H16N4. The van der Waals surface area contributed by atoms with E-state index >= 15 is 0 Å². The van der Waals surface area contributed by atoms with E-state index in [1.165, 1.54) is 17.4 Å². The van der Waals surface area contributed by atoms with E-state index in [9.17, 15) is 0 Å². The lowest BCUT2D eigenvalue weighted by Crippen LogP contribution is -2.35. The summed E-state index contributed by atoms with van der Waals surface area (Å²) in [5, 5.41) is 5.99. The highest BCUT2D eigenvalue weighted by atomic mass is 15.2. The lowest BCUT2D eigenvalue weighted by atomic mass is 9.62. The second-order valence-electron chi connectivity index (χ2n) is 6.30. The number of aromatic nitrogens is 4. The van der Waals surface area contributed by atoms with Gasteiger partial charge in [-0.05, 0) is 42.7 Å². The molecule has 0 radical (unpaired) electrons. The van der Waals surface area contributed by atoms with E-state index in [1.54, 1.807) is 0 Å². The van der Waals surface area contributed by atoms with E-state index in [0.29, 0.717) is 0 Å². The second kappa shape index (κ2) is 4.62. The minimum absolute atomic E-state index is 0.0255. The zero-order valence-corrected chi connectivity index (χ0v) is 12.7. The van der Waals surface area contributed by atoms with Gasteiger partial charge in [0.1, 0.15) is 0 Å². The Morgan fingerprint density at radius 3 is 2.70 bits per heavy atom. The Balaban J connectivity index is 1.70. The van der Waals surface area contributed by atoms with Crippen LogP contribution >= 0.6 is 0 Å². The molecule has 5 rings (SSSR count). The first kappa shape index (κ1) is 12.8. The van der Waals surface area contributed by atoms with Crippen LogP contribution in [-0.4, -0.2) is 19.6 Å². The van der Waals surface area contributed by atoms with Crippen LogP contribution in [0.5, 0.6) is 0 Å². The molecule has 1 fully saturated rings. The van der Waals surface area contributed by atoms with Crippen molar-refractivity contribution >= 4 is 16.6 Å². The summed E-state index contributed by atoms with van der Waals surface area (Å²) in [6.07, 6.45) is 9.14. The zero-order valence-electron chi connectivity index (χ0n) is 12.7. The molecule has 1 aromatic carbocycles. The SMILES string of the molecule is c1cnc2ccc(C3(c4cc5ncccn5n4)CCC3)cc2c1. The van der Waals surface area contributed by atoms with Crippen molar-refractivity contribution in [1.82, 2.24) is 19.6 Å². The maximum atomic E-state index is 4.80. The van der Waals surface area contributed by atoms with Crippen LogP contribution in [0.1, 0.15) is 30.5 Å². The van der Waals surface area contributed by atoms with E-state index in [-0.39, 0.29) is 5.41 Å². The number of pyridine rings is 1. The Kier molecular flexibility index (Phi) is 2.56. The van der Waals surface area contributed by atoms with Gasteiger partial charge in [0.15, 0.2) is 5.65 Å². The largest absolute Gasteiger partial charge is 0.256 e. The Morgan fingerprint density at radius 1 is 0.957 bits per heavy atom. The Labute approximate surface area is 133 Å². The third kappa shape index (κ3) is 1.81. The van der Waals surface area contributed by atoms with Crippen LogP contribution in [-0.2, 0) is 5.41 Å². The van der Waals surface area contributed by atoms with Gasteiger partial charge >= 0.3 is 0 Å². The summed E-state index contributed by atoms with van der Waals surface area (Å²) < 4.78 is 1.87. The lowest BCUT2D eigenvalue weighted by Gasteiger charge is -2.41. The monoisotopic (exact) mass is 300 g/mol. The number of nitrogens with zero attached hydrogens (tertiary/aromatic N) is 4. The highest BCUT2D eigenvalue weighted by Gasteiger charge is 2.42. The molecule has 0 aliphatic heterocycles. The standard InChI is InChI=1S/C19H16N4/c1-4-14-12-15(5-6-16(14)20-9-1)19(7-2-8-19)17-13-18-21-10-3-11-23(18)22-17/h1,3-6,9-13H,2,7-8H2. The van der Waals surface area contributed by atoms with Crippen molar-refractivity contribution in [3.63, 3.8) is 0 Å². The first-order valence-electron chi connectivity index (χ1n) is 8.01. The predicted molar refractivity (Wildman–Crippen MR) is 89.4 cm³/mol. The molecule has 4 heteroatoms. The van der Waals surface area contributed by atoms with Crippen LogP contribution in [0.25, 0.3) is 16.6 Å². The van der Waals surface area contributed by atoms with E-state index in [4.69, 9.17) is 5.10 Å². The molecule has 1 aliphatic rings. The van der Waals surface area contributed by atoms with Gasteiger partial charge in [-0.15, -0.1) is 0 Å². The fourth-order valence-electron chi connectivity index (χ4n) is 3.66. The summed E-state index contributed by atoms with van der Waals surface area (Å²) in [4.78, 5) is 8.83. The van der Waals surface area contributed by atoms with Gasteiger partial charge in [-0.25, -0.2) is 9.50 Å². The predicted octanol–water partition coefficient (Wildman–Crippen LogP) is 3.75. The molecule has 3 aromatic heterocycles. The molecule has 4 aromatic rings. The number of fused-ring (bicyclic) bond motifs is 2. The van der Waals surface area contributed by atoms with Gasteiger partial charge in [0.05, 0.1) is 11.2 Å². The summed E-state index contributed by atoms with van der Waals surface area (Å²) in [7, 11) is 0. The Morgan fingerprint density at radius 2 is 1.87 bits per heavy atom. The van der Waals surface area contributed by atoms with Gasteiger partial charge in [0, 0.05) is 35.5 Å². The highest BCUT2D eigenvalue weighted by molar-refractivity contribution is 5.79. The molecule has 112 valence electrons. The maximum Gasteiger partial charge on any atom is 0.155 e. The first-order valence-corrected chi connectivity index (χ1v) is 8.01. The molecule has 0 N–H and O–H groups in total. The van der Waals surface area contributed by atoms with Gasteiger partial charge in [0.25, 0.3) is 0 Å². The molecule has 23 heavy (non-hydrogen) atoms. The van der Waals surface area contributed by atoms with Gasteiger partial charge in [-0.3, -0.25) is 4.98 Å². The molecule has 0 spiro atoms. The van der Waals surface area contributed by atoms with Gasteiger partial charge < -0.3 is 0 Å². The van der Waals surface area contributed by atoms with Crippen molar-refractivity contribution in [2.45, 2.75) is 24.7 Å². The van der Waals surface area contributed by atoms with E-state index < -0.39 is 0 Å². The summed E-state index contributed by atoms with van der Waals surface area (Å²) in [6, 6.07) is 14.8. The minimum Gasteiger partial charge on any atom is -0.256 e. The van der Waals surface area contributed by atoms with E-state index in [0.717, 1.165) is 29.7 Å². The van der Waals surface area contributed by atoms with E-state index in [2.05, 4.69) is 40.3 Å². The summed E-state index contributed by atoms with van der Waals surface area (Å²) in [5.74, 6) is 0. The van der Waals surface area contributed by atoms with Crippen LogP contribution in [0.3, 0.4) is 0 Å². The third-order valence-corrected chi connectivity index (χ3v) is 5.09. The van der Waals surface area contributed by atoms with Gasteiger partial charge in [-0.1, -0.05) is 18.6 Å². The molecule has 0 amide bonds. The maximum absolute atomic E-state index is 4.80. The van der Waals surface area contributed by atoms with Gasteiger partial charge in [0.2, 0.25) is 0 Å². The molecule has 0 saturated heterocycles. The van der Waals surface area contributed by atoms with Crippen molar-refractivity contribution in [2.75, 3.05) is 0 Å². The van der Waals surface area contributed by atoms with Crippen molar-refractivity contribution in [3.8, 4) is 0 Å². The molecule has 3 heterocycles. The number of benzene rings is 1. The fraction of sp³-hybridized carbons (Fsp3) is 0.211. The Hall–Kier alpha value is -2.75. The summed E-state index contributed by atoms with van der Waals surface area (Å²) in [6.45, 7) is 0. The molecule has 1 saturated carbocycles. The Bertz CT molecular complexity index is 981. The highest BCUT2D eigenvalue weighted by Crippen LogP contribution is 2.48. The first-order chi connectivity index (χ1) is 11.4. The molecule has 0 atom stereocenters. The summed E-state index contributed by atoms with van der Waals surface area (Å²) in [5.41, 5.74) is 4.45. The van der Waals surface area contributed by atoms with Crippen LogP contribution in [0.4, 0.5) is 0 Å². The van der Waals surface area contributed by atoms with Crippen molar-refractivity contribution in [2.24, 2.45) is 0 Å². The van der Waals surface area contributed by atoms with Crippen LogP contribution in [0.15, 0.2) is 61.1 Å². The van der Waals surface area contributed by atoms with Crippen LogP contribution < -0.4 is 0 Å². The van der Waals surface area contributed by atoms with Crippen molar-refractivity contribution in [3.05, 3.63) is 72.3 Å². The van der Waals surface area contributed by atoms with Crippen molar-refractivity contribution < 1.29 is 0 Å². The van der Waals surface area contributed by atoms with E-state index in [1.807, 2.05) is 35.2 Å². The smallest absolute Gasteiger partial charge is 0.155 e. The third-order valence-electron chi connectivity index (χ3n) is 5.09. The average Bonchev–Trinajstić information content (AvgIpc) is 2.97. The van der Waals surface area contributed by atoms with Gasteiger partial charge in [-0.2, -0.15) is 5.10 Å². The zero-order chi connectivity index (χ0) is 15.3. The lowest BCUT2D eigenvalue weighted by molar-refractivity contribution is 0.293. The minimum atomic E-state index is 0.0255. The quantitative estimate of drug-likeness (QED) is 0.566. The summed E-state index contributed by atoms with van der Waals surface area (Å²) >= 11 is 0. The number of hydrogen-bond donors (Lipinski definition) is 0. The van der Waals surface area contributed by atoms with Crippen LogP contribution in [0, 0.1) is 0 Å². The second-order valence-corrected chi connectivity index (χ2v) is 6.30. The molecule has 0 unspecified atom stereocenters.